The van der Waals surface area contributed by atoms with Crippen LogP contribution in [0.25, 0.3) is 10.9 Å². The van der Waals surface area contributed by atoms with Gasteiger partial charge in [0, 0.05) is 32.1 Å². The molecular formula is C19H18ClF3N6O2. The minimum Gasteiger partial charge on any atom is -0.380 e. The topological polar surface area (TPSA) is 85.2 Å². The molecule has 164 valence electrons. The van der Waals surface area contributed by atoms with E-state index < -0.39 is 12.7 Å². The van der Waals surface area contributed by atoms with Crippen LogP contribution in [0.1, 0.15) is 16.9 Å². The van der Waals surface area contributed by atoms with Gasteiger partial charge in [0.1, 0.15) is 18.1 Å². The molecule has 8 nitrogen and oxygen atoms in total. The molecule has 0 aliphatic carbocycles. The summed E-state index contributed by atoms with van der Waals surface area (Å²) in [5.74, 6) is -0.0172. The number of nitrogens with zero attached hydrogens (tertiary/aromatic N) is 5. The monoisotopic (exact) mass is 454 g/mol. The predicted molar refractivity (Wildman–Crippen MR) is 107 cm³/mol. The molecule has 1 N–H and O–H groups in total. The average molecular weight is 455 g/mol. The molecule has 31 heavy (non-hydrogen) atoms. The van der Waals surface area contributed by atoms with Crippen LogP contribution in [0.15, 0.2) is 30.6 Å². The van der Waals surface area contributed by atoms with Crippen molar-refractivity contribution in [2.75, 3.05) is 31.6 Å². The Labute approximate surface area is 180 Å². The average Bonchev–Trinajstić information content (AvgIpc) is 2.90. The van der Waals surface area contributed by atoms with E-state index in [2.05, 4.69) is 20.4 Å². The summed E-state index contributed by atoms with van der Waals surface area (Å²) in [4.78, 5) is 22.7. The number of carbonyl (C=O) groups is 1. The van der Waals surface area contributed by atoms with Crippen LogP contribution in [-0.2, 0) is 11.3 Å². The van der Waals surface area contributed by atoms with Crippen molar-refractivity contribution in [3.63, 3.8) is 0 Å². The van der Waals surface area contributed by atoms with E-state index in [-0.39, 0.29) is 33.8 Å². The zero-order valence-corrected chi connectivity index (χ0v) is 16.9. The smallest absolute Gasteiger partial charge is 0.380 e. The highest BCUT2D eigenvalue weighted by Gasteiger charge is 2.30. The number of fused-ring (bicyclic) bond motifs is 1. The molecule has 0 aromatic carbocycles. The highest BCUT2D eigenvalue weighted by Crippen LogP contribution is 2.30. The van der Waals surface area contributed by atoms with Crippen LogP contribution in [0.3, 0.4) is 0 Å². The molecule has 1 saturated heterocycles. The van der Waals surface area contributed by atoms with E-state index in [1.807, 2.05) is 0 Å². The lowest BCUT2D eigenvalue weighted by molar-refractivity contribution is -0.141. The molecule has 0 bridgehead atoms. The number of anilines is 2. The summed E-state index contributed by atoms with van der Waals surface area (Å²) < 4.78 is 45.6. The summed E-state index contributed by atoms with van der Waals surface area (Å²) in [5, 5.41) is 7.48. The van der Waals surface area contributed by atoms with E-state index >= 15 is 0 Å². The maximum atomic E-state index is 13.1. The minimum absolute atomic E-state index is 0.0418. The Morgan fingerprint density at radius 3 is 2.84 bits per heavy atom. The van der Waals surface area contributed by atoms with Gasteiger partial charge in [-0.15, -0.1) is 0 Å². The third-order valence-electron chi connectivity index (χ3n) is 4.69. The van der Waals surface area contributed by atoms with Crippen molar-refractivity contribution in [3.8, 4) is 0 Å². The summed E-state index contributed by atoms with van der Waals surface area (Å²) in [6.45, 7) is 0.519. The molecule has 0 radical (unpaired) electrons. The Morgan fingerprint density at radius 1 is 1.23 bits per heavy atom. The fourth-order valence-corrected chi connectivity index (χ4v) is 3.44. The molecule has 12 heteroatoms. The third-order valence-corrected chi connectivity index (χ3v) is 4.99. The lowest BCUT2D eigenvalue weighted by atomic mass is 10.2. The third kappa shape index (κ3) is 4.88. The van der Waals surface area contributed by atoms with Gasteiger partial charge in [0.2, 0.25) is 0 Å². The van der Waals surface area contributed by atoms with Gasteiger partial charge >= 0.3 is 6.18 Å². The van der Waals surface area contributed by atoms with Gasteiger partial charge in [0.05, 0.1) is 22.5 Å². The van der Waals surface area contributed by atoms with Crippen LogP contribution >= 0.6 is 11.6 Å². The SMILES string of the molecule is O=C(c1cc2c(cn1)c(Nc1ncccc1Cl)nn2CC(F)(F)F)N1CCCOCC1. The fraction of sp³-hybridized carbons (Fsp3) is 0.368. The number of pyridine rings is 2. The number of hydrogen-bond donors (Lipinski definition) is 1. The number of carbonyl (C=O) groups excluding carboxylic acids is 1. The molecule has 0 saturated carbocycles. The van der Waals surface area contributed by atoms with Crippen LogP contribution in [0.2, 0.25) is 5.02 Å². The Bertz CT molecular complexity index is 1100. The van der Waals surface area contributed by atoms with Gasteiger partial charge in [-0.1, -0.05) is 11.6 Å². The molecule has 0 atom stereocenters. The maximum absolute atomic E-state index is 13.1. The van der Waals surface area contributed by atoms with E-state index in [0.29, 0.717) is 38.1 Å². The molecule has 1 aliphatic heterocycles. The first kappa shape index (κ1) is 21.3. The molecule has 1 fully saturated rings. The lowest BCUT2D eigenvalue weighted by Gasteiger charge is -2.19. The second kappa shape index (κ2) is 8.67. The molecular weight excluding hydrogens is 437 g/mol. The second-order valence-corrected chi connectivity index (χ2v) is 7.33. The first-order valence-corrected chi connectivity index (χ1v) is 9.87. The van der Waals surface area contributed by atoms with Crippen LogP contribution in [0.5, 0.6) is 0 Å². The molecule has 1 aliphatic rings. The van der Waals surface area contributed by atoms with Gasteiger partial charge in [0.25, 0.3) is 5.91 Å². The van der Waals surface area contributed by atoms with E-state index in [1.165, 1.54) is 18.5 Å². The second-order valence-electron chi connectivity index (χ2n) is 6.93. The number of amides is 1. The highest BCUT2D eigenvalue weighted by atomic mass is 35.5. The molecule has 4 rings (SSSR count). The summed E-state index contributed by atoms with van der Waals surface area (Å²) >= 11 is 6.09. The lowest BCUT2D eigenvalue weighted by Crippen LogP contribution is -2.33. The normalized spacial score (nSPS) is 15.2. The van der Waals surface area contributed by atoms with Gasteiger partial charge in [0.15, 0.2) is 5.82 Å². The number of hydrogen-bond acceptors (Lipinski definition) is 6. The molecule has 1 amide bonds. The Morgan fingerprint density at radius 2 is 2.06 bits per heavy atom. The van der Waals surface area contributed by atoms with Crippen molar-refractivity contribution < 1.29 is 22.7 Å². The van der Waals surface area contributed by atoms with Gasteiger partial charge in [-0.25, -0.2) is 4.98 Å². The van der Waals surface area contributed by atoms with Crippen molar-refractivity contribution in [3.05, 3.63) is 41.3 Å². The van der Waals surface area contributed by atoms with Gasteiger partial charge in [-0.3, -0.25) is 14.5 Å². The Kier molecular flexibility index (Phi) is 5.96. The maximum Gasteiger partial charge on any atom is 0.408 e. The van der Waals surface area contributed by atoms with E-state index in [1.54, 1.807) is 17.0 Å². The Hall–Kier alpha value is -2.92. The number of nitrogens with one attached hydrogen (secondary N) is 1. The number of alkyl halides is 3. The van der Waals surface area contributed by atoms with Crippen LogP contribution < -0.4 is 5.32 Å². The quantitative estimate of drug-likeness (QED) is 0.647. The standard InChI is InChI=1S/C19H18ClF3N6O2/c20-13-3-1-4-24-17(13)26-16-12-10-25-14(18(30)28-5-2-7-31-8-6-28)9-15(12)29(27-16)11-19(21,22)23/h1,3-4,9-10H,2,5-8,11H2,(H,24,26,27). The highest BCUT2D eigenvalue weighted by molar-refractivity contribution is 6.33. The van der Waals surface area contributed by atoms with Crippen LogP contribution in [0, 0.1) is 0 Å². The number of halogens is 4. The summed E-state index contributed by atoms with van der Waals surface area (Å²) in [6.07, 6.45) is -1.01. The van der Waals surface area contributed by atoms with Gasteiger partial charge < -0.3 is 15.0 Å². The van der Waals surface area contributed by atoms with Crippen molar-refractivity contribution >= 4 is 40.0 Å². The molecule has 4 heterocycles. The van der Waals surface area contributed by atoms with E-state index in [4.69, 9.17) is 16.3 Å². The predicted octanol–water partition coefficient (Wildman–Crippen LogP) is 3.65. The van der Waals surface area contributed by atoms with Crippen molar-refractivity contribution in [2.45, 2.75) is 19.1 Å². The van der Waals surface area contributed by atoms with Gasteiger partial charge in [-0.2, -0.15) is 18.3 Å². The summed E-state index contributed by atoms with van der Waals surface area (Å²) in [7, 11) is 0. The zero-order valence-electron chi connectivity index (χ0n) is 16.2. The first-order valence-electron chi connectivity index (χ1n) is 9.50. The summed E-state index contributed by atoms with van der Waals surface area (Å²) in [5.41, 5.74) is 0.163. The van der Waals surface area contributed by atoms with E-state index in [0.717, 1.165) is 4.68 Å². The fourth-order valence-electron chi connectivity index (χ4n) is 3.27. The zero-order chi connectivity index (χ0) is 22.0. The number of ether oxygens (including phenoxy) is 1. The molecule has 3 aromatic rings. The molecule has 0 unspecified atom stereocenters. The molecule has 3 aromatic heterocycles. The van der Waals surface area contributed by atoms with Crippen LogP contribution in [0.4, 0.5) is 24.8 Å². The Balaban J connectivity index is 1.73. The summed E-state index contributed by atoms with van der Waals surface area (Å²) in [6, 6.07) is 4.54. The van der Waals surface area contributed by atoms with Crippen molar-refractivity contribution in [2.24, 2.45) is 0 Å². The first-order chi connectivity index (χ1) is 14.8. The minimum atomic E-state index is -4.51. The van der Waals surface area contributed by atoms with E-state index in [9.17, 15) is 18.0 Å². The van der Waals surface area contributed by atoms with Crippen LogP contribution in [-0.4, -0.2) is 63.0 Å². The number of aromatic nitrogens is 4. The van der Waals surface area contributed by atoms with Gasteiger partial charge in [-0.05, 0) is 24.6 Å². The van der Waals surface area contributed by atoms with Crippen molar-refractivity contribution in [1.29, 1.82) is 0 Å². The molecule has 0 spiro atoms. The largest absolute Gasteiger partial charge is 0.408 e. The number of rotatable bonds is 4. The van der Waals surface area contributed by atoms with Crippen molar-refractivity contribution in [1.82, 2.24) is 24.6 Å².